The van der Waals surface area contributed by atoms with E-state index < -0.39 is 29.2 Å². The summed E-state index contributed by atoms with van der Waals surface area (Å²) in [6.07, 6.45) is 2.58. The first-order chi connectivity index (χ1) is 11.2. The van der Waals surface area contributed by atoms with Gasteiger partial charge in [-0.25, -0.2) is 4.39 Å². The third-order valence-electron chi connectivity index (χ3n) is 4.44. The third kappa shape index (κ3) is 3.90. The van der Waals surface area contributed by atoms with Crippen LogP contribution in [0, 0.1) is 11.7 Å². The molecule has 1 saturated carbocycles. The Morgan fingerprint density at radius 1 is 1.29 bits per heavy atom. The molecule has 0 aliphatic heterocycles. The highest BCUT2D eigenvalue weighted by molar-refractivity contribution is 5.97. The number of benzene rings is 1. The van der Waals surface area contributed by atoms with Gasteiger partial charge in [0.1, 0.15) is 5.82 Å². The summed E-state index contributed by atoms with van der Waals surface area (Å²) in [5, 5.41) is 14.6. The van der Waals surface area contributed by atoms with Crippen molar-refractivity contribution in [2.45, 2.75) is 45.1 Å². The molecule has 1 aliphatic rings. The van der Waals surface area contributed by atoms with Crippen LogP contribution in [0.25, 0.3) is 0 Å². The molecule has 24 heavy (non-hydrogen) atoms. The lowest BCUT2D eigenvalue weighted by Crippen LogP contribution is -2.55. The number of carbonyl (C=O) groups is 3. The van der Waals surface area contributed by atoms with Crippen molar-refractivity contribution in [2.75, 3.05) is 5.32 Å². The summed E-state index contributed by atoms with van der Waals surface area (Å²) in [7, 11) is 0. The monoisotopic (exact) mass is 336 g/mol. The molecule has 2 rings (SSSR count). The first-order valence-corrected chi connectivity index (χ1v) is 7.85. The summed E-state index contributed by atoms with van der Waals surface area (Å²) in [6, 6.07) is 3.70. The highest BCUT2D eigenvalue weighted by Crippen LogP contribution is 2.34. The van der Waals surface area contributed by atoms with Crippen LogP contribution in [0.2, 0.25) is 0 Å². The summed E-state index contributed by atoms with van der Waals surface area (Å²) >= 11 is 0. The summed E-state index contributed by atoms with van der Waals surface area (Å²) in [4.78, 5) is 35.0. The smallest absolute Gasteiger partial charge is 0.308 e. The number of carboxylic acids is 1. The molecule has 2 amide bonds. The number of amides is 2. The SMILES string of the molecule is CC(=O)Nc1ccc(F)c(C(=O)NC2(C)CCCCC2C(=O)O)c1. The van der Waals surface area contributed by atoms with Crippen LogP contribution in [0.4, 0.5) is 10.1 Å². The fraction of sp³-hybridized carbons (Fsp3) is 0.471. The predicted octanol–water partition coefficient (Wildman–Crippen LogP) is 2.55. The van der Waals surface area contributed by atoms with Gasteiger partial charge in [0.25, 0.3) is 5.91 Å². The lowest BCUT2D eigenvalue weighted by atomic mass is 9.73. The van der Waals surface area contributed by atoms with E-state index in [1.165, 1.54) is 19.1 Å². The molecule has 0 radical (unpaired) electrons. The molecule has 0 heterocycles. The topological polar surface area (TPSA) is 95.5 Å². The Morgan fingerprint density at radius 3 is 2.62 bits per heavy atom. The maximum atomic E-state index is 14.0. The second-order valence-electron chi connectivity index (χ2n) is 6.38. The van der Waals surface area contributed by atoms with Crippen LogP contribution in [0.5, 0.6) is 0 Å². The minimum absolute atomic E-state index is 0.225. The fourth-order valence-electron chi connectivity index (χ4n) is 3.19. The van der Waals surface area contributed by atoms with Crippen molar-refractivity contribution >= 4 is 23.5 Å². The predicted molar refractivity (Wildman–Crippen MR) is 86.2 cm³/mol. The first kappa shape index (κ1) is 17.9. The number of hydrogen-bond donors (Lipinski definition) is 3. The summed E-state index contributed by atoms with van der Waals surface area (Å²) in [6.45, 7) is 2.99. The van der Waals surface area contributed by atoms with E-state index in [2.05, 4.69) is 10.6 Å². The molecule has 1 fully saturated rings. The molecule has 2 unspecified atom stereocenters. The molecule has 6 nitrogen and oxygen atoms in total. The number of carboxylic acid groups (broad SMARTS) is 1. The number of nitrogens with one attached hydrogen (secondary N) is 2. The number of anilines is 1. The zero-order valence-electron chi connectivity index (χ0n) is 13.7. The minimum Gasteiger partial charge on any atom is -0.481 e. The largest absolute Gasteiger partial charge is 0.481 e. The second-order valence-corrected chi connectivity index (χ2v) is 6.38. The standard InChI is InChI=1S/C17H21FN2O4/c1-10(21)19-11-6-7-14(18)12(9-11)15(22)20-17(2)8-4-3-5-13(17)16(23)24/h6-7,9,13H,3-5,8H2,1-2H3,(H,19,21)(H,20,22)(H,23,24). The highest BCUT2D eigenvalue weighted by atomic mass is 19.1. The Kier molecular flexibility index (Phi) is 5.21. The number of rotatable bonds is 4. The van der Waals surface area contributed by atoms with Crippen LogP contribution < -0.4 is 10.6 Å². The molecule has 0 saturated heterocycles. The number of aliphatic carboxylic acids is 1. The van der Waals surface area contributed by atoms with Crippen molar-refractivity contribution in [3.8, 4) is 0 Å². The van der Waals surface area contributed by atoms with Crippen molar-refractivity contribution in [1.82, 2.24) is 5.32 Å². The van der Waals surface area contributed by atoms with Gasteiger partial charge in [-0.1, -0.05) is 12.8 Å². The van der Waals surface area contributed by atoms with E-state index in [0.29, 0.717) is 18.5 Å². The van der Waals surface area contributed by atoms with Gasteiger partial charge in [-0.15, -0.1) is 0 Å². The van der Waals surface area contributed by atoms with Gasteiger partial charge in [-0.3, -0.25) is 14.4 Å². The maximum absolute atomic E-state index is 14.0. The van der Waals surface area contributed by atoms with Crippen molar-refractivity contribution in [1.29, 1.82) is 0 Å². The highest BCUT2D eigenvalue weighted by Gasteiger charge is 2.42. The lowest BCUT2D eigenvalue weighted by molar-refractivity contribution is -0.145. The van der Waals surface area contributed by atoms with Crippen molar-refractivity contribution < 1.29 is 23.9 Å². The molecule has 7 heteroatoms. The van der Waals surface area contributed by atoms with Crippen molar-refractivity contribution in [3.05, 3.63) is 29.6 Å². The number of halogens is 1. The van der Waals surface area contributed by atoms with E-state index in [0.717, 1.165) is 18.9 Å². The van der Waals surface area contributed by atoms with Crippen LogP contribution in [-0.2, 0) is 9.59 Å². The van der Waals surface area contributed by atoms with Gasteiger partial charge in [0.2, 0.25) is 5.91 Å². The molecule has 1 aromatic carbocycles. The Balaban J connectivity index is 2.25. The zero-order chi connectivity index (χ0) is 17.9. The van der Waals surface area contributed by atoms with E-state index in [-0.39, 0.29) is 11.5 Å². The van der Waals surface area contributed by atoms with Crippen molar-refractivity contribution in [2.24, 2.45) is 5.92 Å². The van der Waals surface area contributed by atoms with Gasteiger partial charge in [0, 0.05) is 12.6 Å². The molecule has 1 aliphatic carbocycles. The summed E-state index contributed by atoms with van der Waals surface area (Å²) in [5.41, 5.74) is -0.854. The molecular weight excluding hydrogens is 315 g/mol. The fourth-order valence-corrected chi connectivity index (χ4v) is 3.19. The average Bonchev–Trinajstić information content (AvgIpc) is 2.48. The van der Waals surface area contributed by atoms with Crippen LogP contribution in [0.15, 0.2) is 18.2 Å². The van der Waals surface area contributed by atoms with E-state index >= 15 is 0 Å². The van der Waals surface area contributed by atoms with Gasteiger partial charge in [-0.05, 0) is 38.0 Å². The van der Waals surface area contributed by atoms with Crippen LogP contribution in [-0.4, -0.2) is 28.4 Å². The Morgan fingerprint density at radius 2 is 2.00 bits per heavy atom. The van der Waals surface area contributed by atoms with E-state index in [1.807, 2.05) is 0 Å². The molecule has 2 atom stereocenters. The molecule has 0 spiro atoms. The van der Waals surface area contributed by atoms with Crippen molar-refractivity contribution in [3.63, 3.8) is 0 Å². The van der Waals surface area contributed by atoms with Crippen LogP contribution >= 0.6 is 0 Å². The Labute approximate surface area is 139 Å². The van der Waals surface area contributed by atoms with Gasteiger partial charge in [0.15, 0.2) is 0 Å². The molecule has 130 valence electrons. The zero-order valence-corrected chi connectivity index (χ0v) is 13.7. The van der Waals surface area contributed by atoms with Crippen LogP contribution in [0.1, 0.15) is 49.9 Å². The first-order valence-electron chi connectivity index (χ1n) is 7.85. The van der Waals surface area contributed by atoms with Gasteiger partial charge >= 0.3 is 5.97 Å². The molecule has 0 aromatic heterocycles. The lowest BCUT2D eigenvalue weighted by Gasteiger charge is -2.39. The number of hydrogen-bond acceptors (Lipinski definition) is 3. The molecule has 1 aromatic rings. The second kappa shape index (κ2) is 6.98. The summed E-state index contributed by atoms with van der Waals surface area (Å²) in [5.74, 6) is -3.43. The van der Waals surface area contributed by atoms with E-state index in [1.54, 1.807) is 6.92 Å². The average molecular weight is 336 g/mol. The number of carbonyl (C=O) groups excluding carboxylic acids is 2. The molecule has 0 bridgehead atoms. The normalized spacial score (nSPS) is 23.4. The minimum atomic E-state index is -0.968. The maximum Gasteiger partial charge on any atom is 0.308 e. The quantitative estimate of drug-likeness (QED) is 0.787. The molecule has 3 N–H and O–H groups in total. The molecular formula is C17H21FN2O4. The van der Waals surface area contributed by atoms with Gasteiger partial charge in [0.05, 0.1) is 17.0 Å². The van der Waals surface area contributed by atoms with Gasteiger partial charge in [-0.2, -0.15) is 0 Å². The van der Waals surface area contributed by atoms with E-state index in [9.17, 15) is 23.9 Å². The third-order valence-corrected chi connectivity index (χ3v) is 4.44. The van der Waals surface area contributed by atoms with Gasteiger partial charge < -0.3 is 15.7 Å². The van der Waals surface area contributed by atoms with Crippen LogP contribution in [0.3, 0.4) is 0 Å². The Bertz CT molecular complexity index is 677. The summed E-state index contributed by atoms with van der Waals surface area (Å²) < 4.78 is 14.0. The van der Waals surface area contributed by atoms with E-state index in [4.69, 9.17) is 0 Å². The Hall–Kier alpha value is -2.44.